The molecule has 0 fully saturated rings. The molecule has 0 saturated heterocycles. The summed E-state index contributed by atoms with van der Waals surface area (Å²) in [7, 11) is 0. The maximum Gasteiger partial charge on any atom is 0.306 e. The van der Waals surface area contributed by atoms with E-state index in [1.165, 1.54) is 19.3 Å². The van der Waals surface area contributed by atoms with Crippen molar-refractivity contribution in [2.45, 2.75) is 200 Å². The highest BCUT2D eigenvalue weighted by Gasteiger charge is 2.19. The third-order valence-electron chi connectivity index (χ3n) is 10.9. The first-order valence-corrected chi connectivity index (χ1v) is 28.0. The van der Waals surface area contributed by atoms with Gasteiger partial charge in [-0.25, -0.2) is 0 Å². The molecule has 0 radical (unpaired) electrons. The van der Waals surface area contributed by atoms with Gasteiger partial charge in [0.15, 0.2) is 6.10 Å². The molecule has 0 N–H and O–H groups in total. The molecule has 0 amide bonds. The second-order valence-electron chi connectivity index (χ2n) is 17.8. The first-order chi connectivity index (χ1) is 35.5. The van der Waals surface area contributed by atoms with Crippen molar-refractivity contribution >= 4 is 17.9 Å². The Morgan fingerprint density at radius 2 is 0.500 bits per heavy atom. The van der Waals surface area contributed by atoms with Crippen LogP contribution < -0.4 is 0 Å². The Hall–Kier alpha value is -5.49. The van der Waals surface area contributed by atoms with E-state index >= 15 is 0 Å². The van der Waals surface area contributed by atoms with E-state index in [0.717, 1.165) is 135 Å². The highest BCUT2D eigenvalue weighted by molar-refractivity contribution is 5.71. The molecule has 0 bridgehead atoms. The van der Waals surface area contributed by atoms with Gasteiger partial charge in [0.05, 0.1) is 0 Å². The molecule has 0 aromatic rings. The molecule has 398 valence electrons. The summed E-state index contributed by atoms with van der Waals surface area (Å²) in [6.45, 7) is 6.28. The highest BCUT2D eigenvalue weighted by Crippen LogP contribution is 2.13. The molecule has 0 aromatic carbocycles. The normalized spacial score (nSPS) is 13.2. The monoisotopic (exact) mass is 987 g/mol. The molecule has 0 aliphatic rings. The summed E-state index contributed by atoms with van der Waals surface area (Å²) in [4.78, 5) is 38.2. The van der Waals surface area contributed by atoms with Crippen LogP contribution in [0, 0.1) is 0 Å². The van der Waals surface area contributed by atoms with Gasteiger partial charge in [0, 0.05) is 19.3 Å². The van der Waals surface area contributed by atoms with Crippen molar-refractivity contribution in [2.75, 3.05) is 13.2 Å². The summed E-state index contributed by atoms with van der Waals surface area (Å²) in [5.41, 5.74) is 0. The molecular formula is C66H98O6. The first kappa shape index (κ1) is 66.5. The predicted octanol–water partition coefficient (Wildman–Crippen LogP) is 18.9. The zero-order valence-electron chi connectivity index (χ0n) is 45.4. The quantitative estimate of drug-likeness (QED) is 0.0262. The fourth-order valence-corrected chi connectivity index (χ4v) is 6.77. The van der Waals surface area contributed by atoms with Crippen molar-refractivity contribution in [1.29, 1.82) is 0 Å². The van der Waals surface area contributed by atoms with Crippen molar-refractivity contribution in [3.8, 4) is 0 Å². The summed E-state index contributed by atoms with van der Waals surface area (Å²) < 4.78 is 16.8. The Labute approximate surface area is 440 Å². The van der Waals surface area contributed by atoms with Gasteiger partial charge in [-0.3, -0.25) is 14.4 Å². The van der Waals surface area contributed by atoms with Crippen molar-refractivity contribution < 1.29 is 28.6 Å². The second-order valence-corrected chi connectivity index (χ2v) is 17.8. The van der Waals surface area contributed by atoms with Gasteiger partial charge >= 0.3 is 17.9 Å². The molecule has 0 aromatic heterocycles. The molecule has 6 heteroatoms. The number of carbonyl (C=O) groups is 3. The lowest BCUT2D eigenvalue weighted by Crippen LogP contribution is -2.30. The van der Waals surface area contributed by atoms with E-state index in [9.17, 15) is 14.4 Å². The molecule has 72 heavy (non-hydrogen) atoms. The fourth-order valence-electron chi connectivity index (χ4n) is 6.77. The Bertz CT molecular complexity index is 1660. The van der Waals surface area contributed by atoms with Crippen LogP contribution in [0.4, 0.5) is 0 Å². The number of unbranched alkanes of at least 4 members (excludes halogenated alkanes) is 18. The largest absolute Gasteiger partial charge is 0.462 e. The van der Waals surface area contributed by atoms with Crippen molar-refractivity contribution in [1.82, 2.24) is 0 Å². The maximum absolute atomic E-state index is 12.9. The van der Waals surface area contributed by atoms with Crippen LogP contribution in [0.2, 0.25) is 0 Å². The van der Waals surface area contributed by atoms with Gasteiger partial charge in [0.1, 0.15) is 13.2 Å². The molecule has 6 nitrogen and oxygen atoms in total. The van der Waals surface area contributed by atoms with Gasteiger partial charge in [-0.1, -0.05) is 280 Å². The molecule has 0 saturated carbocycles. The van der Waals surface area contributed by atoms with Gasteiger partial charge in [0.25, 0.3) is 0 Å². The average Bonchev–Trinajstić information content (AvgIpc) is 3.38. The lowest BCUT2D eigenvalue weighted by molar-refractivity contribution is -0.167. The summed E-state index contributed by atoms with van der Waals surface area (Å²) in [5, 5.41) is 0. The minimum Gasteiger partial charge on any atom is -0.462 e. The Kier molecular flexibility index (Phi) is 53.7. The van der Waals surface area contributed by atoms with Gasteiger partial charge in [0.2, 0.25) is 0 Å². The van der Waals surface area contributed by atoms with E-state index in [-0.39, 0.29) is 37.5 Å². The van der Waals surface area contributed by atoms with Crippen LogP contribution in [0.3, 0.4) is 0 Å². The molecule has 0 atom stereocenters. The molecule has 0 aliphatic heterocycles. The summed E-state index contributed by atoms with van der Waals surface area (Å²) in [6.07, 6.45) is 87.1. The predicted molar refractivity (Wildman–Crippen MR) is 311 cm³/mol. The highest BCUT2D eigenvalue weighted by atomic mass is 16.6. The van der Waals surface area contributed by atoms with Crippen molar-refractivity contribution in [3.63, 3.8) is 0 Å². The average molecular weight is 988 g/mol. The van der Waals surface area contributed by atoms with Crippen LogP contribution >= 0.6 is 0 Å². The number of esters is 3. The molecule has 0 rings (SSSR count). The van der Waals surface area contributed by atoms with Crippen LogP contribution in [0.25, 0.3) is 0 Å². The topological polar surface area (TPSA) is 78.9 Å². The number of hydrogen-bond acceptors (Lipinski definition) is 6. The Balaban J connectivity index is 4.62. The van der Waals surface area contributed by atoms with Gasteiger partial charge in [-0.15, -0.1) is 0 Å². The van der Waals surface area contributed by atoms with Gasteiger partial charge in [-0.2, -0.15) is 0 Å². The minimum absolute atomic E-state index is 0.121. The fraction of sp³-hybridized carbons (Fsp3) is 0.500. The smallest absolute Gasteiger partial charge is 0.306 e. The van der Waals surface area contributed by atoms with E-state index in [1.54, 1.807) is 0 Å². The van der Waals surface area contributed by atoms with Gasteiger partial charge < -0.3 is 14.2 Å². The van der Waals surface area contributed by atoms with Crippen molar-refractivity contribution in [3.05, 3.63) is 182 Å². The molecular weight excluding hydrogens is 889 g/mol. The number of allylic oxidation sites excluding steroid dienone is 30. The SMILES string of the molecule is CCC\C=C/C=C\C=C/C=C\C=C/CCCCCCCC(=O)OCC(COC(=O)CCCCCCC\C=C/C=C\C=C/C=C\C=C/CCC)OC(=O)CCCCCCC\C=C/C=C\C=C/C=C\C=C/CCC. The summed E-state index contributed by atoms with van der Waals surface area (Å²) in [6, 6.07) is 0. The number of rotatable bonds is 47. The maximum atomic E-state index is 12.9. The third kappa shape index (κ3) is 55.4. The van der Waals surface area contributed by atoms with Crippen LogP contribution in [0.5, 0.6) is 0 Å². The molecule has 0 aliphatic carbocycles. The Morgan fingerprint density at radius 1 is 0.278 bits per heavy atom. The number of hydrogen-bond donors (Lipinski definition) is 0. The molecule has 0 spiro atoms. The minimum atomic E-state index is -0.826. The van der Waals surface area contributed by atoms with Gasteiger partial charge in [-0.05, 0) is 77.0 Å². The number of ether oxygens (including phenoxy) is 3. The summed E-state index contributed by atoms with van der Waals surface area (Å²) >= 11 is 0. The van der Waals surface area contributed by atoms with Crippen LogP contribution in [-0.4, -0.2) is 37.2 Å². The first-order valence-electron chi connectivity index (χ1n) is 28.0. The van der Waals surface area contributed by atoms with E-state index in [4.69, 9.17) is 14.2 Å². The zero-order chi connectivity index (χ0) is 52.2. The van der Waals surface area contributed by atoms with E-state index in [2.05, 4.69) is 93.7 Å². The van der Waals surface area contributed by atoms with Crippen LogP contribution in [-0.2, 0) is 28.6 Å². The zero-order valence-corrected chi connectivity index (χ0v) is 45.4. The van der Waals surface area contributed by atoms with Crippen molar-refractivity contribution in [2.24, 2.45) is 0 Å². The van der Waals surface area contributed by atoms with E-state index in [0.29, 0.717) is 12.8 Å². The van der Waals surface area contributed by atoms with Crippen LogP contribution in [0.1, 0.15) is 194 Å². The lowest BCUT2D eigenvalue weighted by atomic mass is 10.1. The third-order valence-corrected chi connectivity index (χ3v) is 10.9. The lowest BCUT2D eigenvalue weighted by Gasteiger charge is -2.18. The number of carbonyl (C=O) groups excluding carboxylic acids is 3. The van der Waals surface area contributed by atoms with E-state index in [1.807, 2.05) is 109 Å². The summed E-state index contributed by atoms with van der Waals surface area (Å²) in [5.74, 6) is -1.01. The standard InChI is InChI=1S/C66H98O6/c1-4-7-10-13-16-19-22-25-28-31-34-37-40-43-46-49-52-55-58-64(67)70-61-63(72-66(69)60-57-54-51-48-45-42-39-36-33-30-27-24-21-18-15-12-9-6-3)62-71-65(68)59-56-53-50-47-44-41-38-35-32-29-26-23-20-17-14-11-8-5-2/h10-39,63H,4-9,40-62H2,1-3H3/b13-10-,14-11-,15-12-,19-16-,20-17-,21-18-,25-22-,26-23-,27-24-,31-28-,32-29-,33-30-,37-34-,38-35-,39-36-. The van der Waals surface area contributed by atoms with Crippen LogP contribution in [0.15, 0.2) is 182 Å². The molecule has 0 heterocycles. The van der Waals surface area contributed by atoms with E-state index < -0.39 is 6.10 Å². The Morgan fingerprint density at radius 3 is 0.778 bits per heavy atom. The second kappa shape index (κ2) is 58.1. The molecule has 0 unspecified atom stereocenters.